The maximum Gasteiger partial charge on any atom is 0.0691 e. The first-order valence-electron chi connectivity index (χ1n) is 7.80. The van der Waals surface area contributed by atoms with Crippen LogP contribution in [-0.4, -0.2) is 27.9 Å². The Morgan fingerprint density at radius 2 is 2.00 bits per heavy atom. The monoisotopic (exact) mass is 309 g/mol. The molecule has 118 valence electrons. The van der Waals surface area contributed by atoms with Crippen LogP contribution in [0.3, 0.4) is 0 Å². The van der Waals surface area contributed by atoms with E-state index < -0.39 is 10.8 Å². The summed E-state index contributed by atoms with van der Waals surface area (Å²) in [5, 5.41) is 0.135. The van der Waals surface area contributed by atoms with Crippen molar-refractivity contribution >= 4 is 10.8 Å². The molecule has 0 radical (unpaired) electrons. The largest absolute Gasteiger partial charge is 0.377 e. The van der Waals surface area contributed by atoms with Crippen LogP contribution in [0.2, 0.25) is 0 Å². The van der Waals surface area contributed by atoms with Gasteiger partial charge in [-0.3, -0.25) is 4.21 Å². The van der Waals surface area contributed by atoms with Crippen molar-refractivity contribution in [1.82, 2.24) is 0 Å². The third-order valence-electron chi connectivity index (χ3n) is 4.04. The Hall–Kier alpha value is -0.710. The van der Waals surface area contributed by atoms with Crippen molar-refractivity contribution in [3.8, 4) is 0 Å². The van der Waals surface area contributed by atoms with E-state index in [2.05, 4.69) is 38.1 Å². The number of hydrogen-bond acceptors (Lipinski definition) is 3. The van der Waals surface area contributed by atoms with Gasteiger partial charge in [0.25, 0.3) is 0 Å². The van der Waals surface area contributed by atoms with Gasteiger partial charge in [0.05, 0.1) is 11.4 Å². The molecule has 1 aliphatic heterocycles. The Balaban J connectivity index is 1.93. The van der Waals surface area contributed by atoms with Gasteiger partial charge in [-0.25, -0.2) is 0 Å². The number of nitrogens with two attached hydrogens (primary N) is 1. The minimum absolute atomic E-state index is 0.0893. The van der Waals surface area contributed by atoms with E-state index in [4.69, 9.17) is 10.5 Å². The lowest BCUT2D eigenvalue weighted by atomic mass is 10.0. The van der Waals surface area contributed by atoms with Crippen LogP contribution in [0.4, 0.5) is 0 Å². The van der Waals surface area contributed by atoms with Gasteiger partial charge in [0.15, 0.2) is 0 Å². The minimum atomic E-state index is -0.920. The molecule has 0 amide bonds. The zero-order chi connectivity index (χ0) is 15.4. The fraction of sp³-hybridized carbons (Fsp3) is 0.647. The first-order valence-corrected chi connectivity index (χ1v) is 9.18. The van der Waals surface area contributed by atoms with Crippen LogP contribution in [0.5, 0.6) is 0 Å². The molecule has 0 saturated carbocycles. The molecule has 1 heterocycles. The topological polar surface area (TPSA) is 52.3 Å². The molecule has 1 saturated heterocycles. The average molecular weight is 309 g/mol. The second-order valence-electron chi connectivity index (χ2n) is 6.40. The van der Waals surface area contributed by atoms with Crippen molar-refractivity contribution in [1.29, 1.82) is 0 Å². The molecule has 4 unspecified atom stereocenters. The smallest absolute Gasteiger partial charge is 0.0691 e. The lowest BCUT2D eigenvalue weighted by Crippen LogP contribution is -2.29. The number of rotatable bonds is 6. The zero-order valence-electron chi connectivity index (χ0n) is 13.2. The maximum absolute atomic E-state index is 12.4. The molecule has 0 aliphatic carbocycles. The van der Waals surface area contributed by atoms with Gasteiger partial charge in [-0.15, -0.1) is 0 Å². The quantitative estimate of drug-likeness (QED) is 0.879. The molecule has 1 aromatic rings. The molecule has 21 heavy (non-hydrogen) atoms. The lowest BCUT2D eigenvalue weighted by molar-refractivity contribution is 0.127. The highest BCUT2D eigenvalue weighted by Crippen LogP contribution is 2.22. The Bertz CT molecular complexity index is 472. The standard InChI is InChI=1S/C17H27NO2S/c1-12(2)10-14-4-6-15(7-5-14)16(18)11-21(19)17-8-9-20-13(17)3/h4-7,12-13,16-17H,8-11,18H2,1-3H3. The highest BCUT2D eigenvalue weighted by molar-refractivity contribution is 7.85. The van der Waals surface area contributed by atoms with Crippen molar-refractivity contribution in [2.24, 2.45) is 11.7 Å². The van der Waals surface area contributed by atoms with E-state index in [1.54, 1.807) is 0 Å². The second kappa shape index (κ2) is 7.52. The molecule has 2 N–H and O–H groups in total. The number of hydrogen-bond donors (Lipinski definition) is 1. The number of ether oxygens (including phenoxy) is 1. The molecule has 1 fully saturated rings. The van der Waals surface area contributed by atoms with Gasteiger partial charge in [0.2, 0.25) is 0 Å². The molecule has 0 aromatic heterocycles. The summed E-state index contributed by atoms with van der Waals surface area (Å²) in [6, 6.07) is 8.27. The van der Waals surface area contributed by atoms with Gasteiger partial charge in [-0.2, -0.15) is 0 Å². The van der Waals surface area contributed by atoms with Gasteiger partial charge < -0.3 is 10.5 Å². The Morgan fingerprint density at radius 3 is 2.52 bits per heavy atom. The van der Waals surface area contributed by atoms with Crippen LogP contribution in [0.15, 0.2) is 24.3 Å². The summed E-state index contributed by atoms with van der Waals surface area (Å²) < 4.78 is 17.9. The van der Waals surface area contributed by atoms with Crippen LogP contribution in [0.1, 0.15) is 44.4 Å². The Labute approximate surface area is 130 Å². The summed E-state index contributed by atoms with van der Waals surface area (Å²) >= 11 is 0. The van der Waals surface area contributed by atoms with Crippen LogP contribution in [0.25, 0.3) is 0 Å². The third kappa shape index (κ3) is 4.63. The average Bonchev–Trinajstić information content (AvgIpc) is 2.85. The highest BCUT2D eigenvalue weighted by Gasteiger charge is 2.30. The molecule has 4 heteroatoms. The summed E-state index contributed by atoms with van der Waals surface area (Å²) in [5.74, 6) is 1.17. The van der Waals surface area contributed by atoms with Gasteiger partial charge in [0, 0.05) is 29.2 Å². The van der Waals surface area contributed by atoms with Crippen LogP contribution >= 0.6 is 0 Å². The zero-order valence-corrected chi connectivity index (χ0v) is 14.1. The second-order valence-corrected chi connectivity index (χ2v) is 8.10. The summed E-state index contributed by atoms with van der Waals surface area (Å²) in [5.41, 5.74) is 8.63. The molecular weight excluding hydrogens is 282 g/mol. The molecule has 0 spiro atoms. The van der Waals surface area contributed by atoms with Crippen molar-refractivity contribution < 1.29 is 8.95 Å². The lowest BCUT2D eigenvalue weighted by Gasteiger charge is -2.18. The first kappa shape index (κ1) is 16.7. The summed E-state index contributed by atoms with van der Waals surface area (Å²) in [6.45, 7) is 7.15. The van der Waals surface area contributed by atoms with Gasteiger partial charge in [-0.1, -0.05) is 38.1 Å². The predicted octanol–water partition coefficient (Wildman–Crippen LogP) is 2.81. The molecule has 0 bridgehead atoms. The van der Waals surface area contributed by atoms with E-state index in [-0.39, 0.29) is 17.4 Å². The van der Waals surface area contributed by atoms with E-state index in [0.717, 1.165) is 25.0 Å². The normalized spacial score (nSPS) is 25.2. The van der Waals surface area contributed by atoms with Crippen LogP contribution in [-0.2, 0) is 22.0 Å². The highest BCUT2D eigenvalue weighted by atomic mass is 32.2. The van der Waals surface area contributed by atoms with Crippen molar-refractivity contribution in [2.45, 2.75) is 51.0 Å². The van der Waals surface area contributed by atoms with Crippen LogP contribution in [0, 0.1) is 5.92 Å². The molecule has 4 atom stereocenters. The Kier molecular flexibility index (Phi) is 5.97. The van der Waals surface area contributed by atoms with E-state index >= 15 is 0 Å². The number of benzene rings is 1. The predicted molar refractivity (Wildman–Crippen MR) is 88.7 cm³/mol. The Morgan fingerprint density at radius 1 is 1.33 bits per heavy atom. The fourth-order valence-corrected chi connectivity index (χ4v) is 4.49. The fourth-order valence-electron chi connectivity index (χ4n) is 2.83. The molecule has 1 aliphatic rings. The van der Waals surface area contributed by atoms with Crippen molar-refractivity contribution in [2.75, 3.05) is 12.4 Å². The van der Waals surface area contributed by atoms with Crippen molar-refractivity contribution in [3.63, 3.8) is 0 Å². The van der Waals surface area contributed by atoms with Crippen molar-refractivity contribution in [3.05, 3.63) is 35.4 Å². The van der Waals surface area contributed by atoms with E-state index in [9.17, 15) is 4.21 Å². The summed E-state index contributed by atoms with van der Waals surface area (Å²) in [7, 11) is -0.920. The van der Waals surface area contributed by atoms with E-state index in [0.29, 0.717) is 11.7 Å². The molecule has 3 nitrogen and oxygen atoms in total. The van der Waals surface area contributed by atoms with Gasteiger partial charge in [-0.05, 0) is 36.8 Å². The van der Waals surface area contributed by atoms with E-state index in [1.807, 2.05) is 6.92 Å². The van der Waals surface area contributed by atoms with Crippen LogP contribution < -0.4 is 5.73 Å². The van der Waals surface area contributed by atoms with E-state index in [1.165, 1.54) is 5.56 Å². The molecular formula is C17H27NO2S. The first-order chi connectivity index (χ1) is 9.97. The minimum Gasteiger partial charge on any atom is -0.377 e. The summed E-state index contributed by atoms with van der Waals surface area (Å²) in [4.78, 5) is 0. The molecule has 2 rings (SSSR count). The summed E-state index contributed by atoms with van der Waals surface area (Å²) in [6.07, 6.45) is 2.05. The van der Waals surface area contributed by atoms with Gasteiger partial charge in [0.1, 0.15) is 0 Å². The third-order valence-corrected chi connectivity index (χ3v) is 6.02. The SMILES string of the molecule is CC(C)Cc1ccc(C(N)CS(=O)C2CCOC2C)cc1. The maximum atomic E-state index is 12.4. The molecule has 1 aromatic carbocycles. The van der Waals surface area contributed by atoms with Gasteiger partial charge >= 0.3 is 0 Å².